The average molecular weight is 321 g/mol. The SMILES string of the molecule is COC(=O)[C@@H]1[C@@H](C(=O)OC)[C@H](C(=O)OC)N[C@@H]1c1ccccc1. The fourth-order valence-electron chi connectivity index (χ4n) is 2.96. The van der Waals surface area contributed by atoms with Crippen LogP contribution >= 0.6 is 0 Å². The zero-order chi connectivity index (χ0) is 17.0. The smallest absolute Gasteiger partial charge is 0.323 e. The second kappa shape index (κ2) is 7.23. The molecular formula is C16H19NO6. The molecule has 0 amide bonds. The summed E-state index contributed by atoms with van der Waals surface area (Å²) in [5, 5.41) is 3.01. The first-order valence-electron chi connectivity index (χ1n) is 7.09. The van der Waals surface area contributed by atoms with E-state index in [9.17, 15) is 14.4 Å². The van der Waals surface area contributed by atoms with E-state index in [1.807, 2.05) is 30.3 Å². The van der Waals surface area contributed by atoms with Crippen molar-refractivity contribution in [2.75, 3.05) is 21.3 Å². The third kappa shape index (κ3) is 3.19. The standard InChI is InChI=1S/C16H19NO6/c1-21-14(18)10-11(15(19)22-2)13(16(20)23-3)17-12(10)9-7-5-4-6-8-9/h4-8,10-13,17H,1-3H3/t10-,11-,12-,13-/m1/s1. The van der Waals surface area contributed by atoms with Crippen molar-refractivity contribution in [3.8, 4) is 0 Å². The van der Waals surface area contributed by atoms with E-state index in [2.05, 4.69) is 5.32 Å². The molecule has 0 spiro atoms. The number of carbonyl (C=O) groups is 3. The van der Waals surface area contributed by atoms with E-state index in [0.717, 1.165) is 5.56 Å². The second-order valence-corrected chi connectivity index (χ2v) is 5.15. The Morgan fingerprint density at radius 1 is 0.826 bits per heavy atom. The molecule has 4 atom stereocenters. The largest absolute Gasteiger partial charge is 0.469 e. The first kappa shape index (κ1) is 17.0. The molecule has 1 aromatic carbocycles. The highest BCUT2D eigenvalue weighted by atomic mass is 16.5. The Morgan fingerprint density at radius 3 is 1.87 bits per heavy atom. The van der Waals surface area contributed by atoms with Gasteiger partial charge in [0, 0.05) is 6.04 Å². The van der Waals surface area contributed by atoms with Crippen LogP contribution in [-0.4, -0.2) is 45.3 Å². The van der Waals surface area contributed by atoms with Crippen molar-refractivity contribution in [3.63, 3.8) is 0 Å². The Balaban J connectivity index is 2.47. The lowest BCUT2D eigenvalue weighted by Gasteiger charge is -2.21. The molecule has 7 heteroatoms. The van der Waals surface area contributed by atoms with Crippen LogP contribution in [0.25, 0.3) is 0 Å². The molecule has 7 nitrogen and oxygen atoms in total. The number of ether oxygens (including phenoxy) is 3. The van der Waals surface area contributed by atoms with E-state index in [1.54, 1.807) is 0 Å². The molecule has 23 heavy (non-hydrogen) atoms. The molecule has 1 aliphatic rings. The molecule has 0 saturated carbocycles. The summed E-state index contributed by atoms with van der Waals surface area (Å²) in [5.41, 5.74) is 0.767. The van der Waals surface area contributed by atoms with Gasteiger partial charge in [0.2, 0.25) is 0 Å². The van der Waals surface area contributed by atoms with E-state index >= 15 is 0 Å². The summed E-state index contributed by atoms with van der Waals surface area (Å²) in [6.07, 6.45) is 0. The van der Waals surface area contributed by atoms with Gasteiger partial charge in [0.25, 0.3) is 0 Å². The molecule has 0 bridgehead atoms. The molecule has 1 fully saturated rings. The van der Waals surface area contributed by atoms with Gasteiger partial charge in [-0.2, -0.15) is 0 Å². The number of benzene rings is 1. The van der Waals surface area contributed by atoms with Crippen molar-refractivity contribution in [2.24, 2.45) is 11.8 Å². The number of esters is 3. The van der Waals surface area contributed by atoms with Gasteiger partial charge in [-0.05, 0) is 5.56 Å². The van der Waals surface area contributed by atoms with Crippen LogP contribution in [0.1, 0.15) is 11.6 Å². The van der Waals surface area contributed by atoms with Crippen molar-refractivity contribution in [2.45, 2.75) is 12.1 Å². The van der Waals surface area contributed by atoms with E-state index in [1.165, 1.54) is 21.3 Å². The highest BCUT2D eigenvalue weighted by Crippen LogP contribution is 2.39. The molecule has 1 N–H and O–H groups in total. The molecular weight excluding hydrogens is 302 g/mol. The van der Waals surface area contributed by atoms with Crippen molar-refractivity contribution in [1.82, 2.24) is 5.32 Å². The first-order valence-corrected chi connectivity index (χ1v) is 7.09. The summed E-state index contributed by atoms with van der Waals surface area (Å²) >= 11 is 0. The lowest BCUT2D eigenvalue weighted by molar-refractivity contribution is -0.159. The molecule has 124 valence electrons. The highest BCUT2D eigenvalue weighted by Gasteiger charge is 2.55. The minimum Gasteiger partial charge on any atom is -0.469 e. The maximum atomic E-state index is 12.3. The fourth-order valence-corrected chi connectivity index (χ4v) is 2.96. The van der Waals surface area contributed by atoms with Gasteiger partial charge >= 0.3 is 17.9 Å². The zero-order valence-corrected chi connectivity index (χ0v) is 13.1. The molecule has 1 aliphatic heterocycles. The molecule has 0 aliphatic carbocycles. The number of hydrogen-bond donors (Lipinski definition) is 1. The van der Waals surface area contributed by atoms with Gasteiger partial charge < -0.3 is 14.2 Å². The van der Waals surface area contributed by atoms with E-state index in [-0.39, 0.29) is 0 Å². The third-order valence-electron chi connectivity index (χ3n) is 4.02. The van der Waals surface area contributed by atoms with E-state index in [4.69, 9.17) is 14.2 Å². The summed E-state index contributed by atoms with van der Waals surface area (Å²) < 4.78 is 14.4. The number of rotatable bonds is 4. The highest BCUT2D eigenvalue weighted by molar-refractivity contribution is 5.91. The summed E-state index contributed by atoms with van der Waals surface area (Å²) in [5.74, 6) is -3.80. The van der Waals surface area contributed by atoms with Crippen LogP contribution in [0.2, 0.25) is 0 Å². The second-order valence-electron chi connectivity index (χ2n) is 5.15. The Kier molecular flexibility index (Phi) is 5.33. The van der Waals surface area contributed by atoms with Crippen LogP contribution in [0.3, 0.4) is 0 Å². The molecule has 2 rings (SSSR count). The van der Waals surface area contributed by atoms with Crippen LogP contribution in [0, 0.1) is 11.8 Å². The zero-order valence-electron chi connectivity index (χ0n) is 13.1. The lowest BCUT2D eigenvalue weighted by atomic mass is 9.84. The molecule has 0 radical (unpaired) electrons. The first-order chi connectivity index (χ1) is 11.0. The van der Waals surface area contributed by atoms with Crippen LogP contribution in [0.5, 0.6) is 0 Å². The van der Waals surface area contributed by atoms with Gasteiger partial charge in [-0.3, -0.25) is 19.7 Å². The maximum absolute atomic E-state index is 12.3. The summed E-state index contributed by atoms with van der Waals surface area (Å²) in [4.78, 5) is 36.5. The van der Waals surface area contributed by atoms with Gasteiger partial charge in [-0.15, -0.1) is 0 Å². The van der Waals surface area contributed by atoms with Gasteiger partial charge in [-0.25, -0.2) is 0 Å². The fraction of sp³-hybridized carbons (Fsp3) is 0.438. The molecule has 1 saturated heterocycles. The molecule has 0 aromatic heterocycles. The van der Waals surface area contributed by atoms with Crippen LogP contribution in [0.15, 0.2) is 30.3 Å². The number of methoxy groups -OCH3 is 3. The number of carbonyl (C=O) groups excluding carboxylic acids is 3. The van der Waals surface area contributed by atoms with Crippen LogP contribution in [0.4, 0.5) is 0 Å². The Hall–Kier alpha value is -2.41. The quantitative estimate of drug-likeness (QED) is 0.636. The Labute approximate surface area is 133 Å². The van der Waals surface area contributed by atoms with Gasteiger partial charge in [0.1, 0.15) is 6.04 Å². The molecule has 1 aromatic rings. The molecule has 1 heterocycles. The van der Waals surface area contributed by atoms with Crippen molar-refractivity contribution in [3.05, 3.63) is 35.9 Å². The predicted molar refractivity (Wildman–Crippen MR) is 79.1 cm³/mol. The van der Waals surface area contributed by atoms with Gasteiger partial charge in [0.05, 0.1) is 33.2 Å². The minimum atomic E-state index is -1.02. The number of hydrogen-bond acceptors (Lipinski definition) is 7. The topological polar surface area (TPSA) is 90.9 Å². The Morgan fingerprint density at radius 2 is 1.35 bits per heavy atom. The van der Waals surface area contributed by atoms with Crippen molar-refractivity contribution >= 4 is 17.9 Å². The van der Waals surface area contributed by atoms with E-state index < -0.39 is 41.8 Å². The summed E-state index contributed by atoms with van der Waals surface area (Å²) in [6.45, 7) is 0. The van der Waals surface area contributed by atoms with E-state index in [0.29, 0.717) is 0 Å². The monoisotopic (exact) mass is 321 g/mol. The van der Waals surface area contributed by atoms with Crippen LogP contribution in [-0.2, 0) is 28.6 Å². The van der Waals surface area contributed by atoms with Crippen molar-refractivity contribution in [1.29, 1.82) is 0 Å². The van der Waals surface area contributed by atoms with Gasteiger partial charge in [-0.1, -0.05) is 30.3 Å². The summed E-state index contributed by atoms with van der Waals surface area (Å²) in [7, 11) is 3.67. The van der Waals surface area contributed by atoms with Crippen LogP contribution < -0.4 is 5.32 Å². The minimum absolute atomic E-state index is 0.558. The third-order valence-corrected chi connectivity index (χ3v) is 4.02. The van der Waals surface area contributed by atoms with Gasteiger partial charge in [0.15, 0.2) is 0 Å². The molecule has 0 unspecified atom stereocenters. The predicted octanol–water partition coefficient (Wildman–Crippen LogP) is 0.451. The Bertz CT molecular complexity index is 587. The normalized spacial score (nSPS) is 26.4. The average Bonchev–Trinajstić information content (AvgIpc) is 3.00. The lowest BCUT2D eigenvalue weighted by Crippen LogP contribution is -2.42. The van der Waals surface area contributed by atoms with Crippen molar-refractivity contribution < 1.29 is 28.6 Å². The number of nitrogens with one attached hydrogen (secondary N) is 1. The summed E-state index contributed by atoms with van der Waals surface area (Å²) in [6, 6.07) is 7.52. The maximum Gasteiger partial charge on any atom is 0.323 e.